The van der Waals surface area contributed by atoms with Gasteiger partial charge in [-0.25, -0.2) is 0 Å². The van der Waals surface area contributed by atoms with Gasteiger partial charge in [0, 0.05) is 24.9 Å². The van der Waals surface area contributed by atoms with Crippen LogP contribution in [0.3, 0.4) is 0 Å². The minimum absolute atomic E-state index is 0. The molecule has 1 saturated heterocycles. The number of hydrogen-bond acceptors (Lipinski definition) is 3. The maximum Gasteiger partial charge on any atom is 0.137 e. The third-order valence-corrected chi connectivity index (χ3v) is 2.79. The molecule has 76 valence electrons. The molecular weight excluding hydrogens is 190 g/mol. The topological polar surface area (TPSA) is 38.3 Å². The predicted molar refractivity (Wildman–Crippen MR) is 52.2 cm³/mol. The molecule has 1 aliphatic heterocycles. The van der Waals surface area contributed by atoms with Gasteiger partial charge in [-0.2, -0.15) is 0 Å². The summed E-state index contributed by atoms with van der Waals surface area (Å²) in [4.78, 5) is 11.4. The number of carbonyl (C=O) groups excluding carboxylic acids is 1. The molecular formula is C9H16ClNO2. The van der Waals surface area contributed by atoms with E-state index < -0.39 is 0 Å². The monoisotopic (exact) mass is 205 g/mol. The standard InChI is InChI=1S/C9H15NO2.ClH/c11-9-3-1-2-7(9)8-6-12-5-4-10-8;/h7-8,10H,1-6H2;1H. The van der Waals surface area contributed by atoms with E-state index in [4.69, 9.17) is 4.74 Å². The summed E-state index contributed by atoms with van der Waals surface area (Å²) in [6.07, 6.45) is 2.91. The van der Waals surface area contributed by atoms with E-state index in [1.54, 1.807) is 0 Å². The summed E-state index contributed by atoms with van der Waals surface area (Å²) in [5.74, 6) is 0.670. The van der Waals surface area contributed by atoms with E-state index in [1.165, 1.54) is 0 Å². The second-order valence-electron chi connectivity index (χ2n) is 3.60. The zero-order valence-corrected chi connectivity index (χ0v) is 8.44. The Morgan fingerprint density at radius 1 is 1.46 bits per heavy atom. The summed E-state index contributed by atoms with van der Waals surface area (Å²) in [6.45, 7) is 2.41. The van der Waals surface area contributed by atoms with Gasteiger partial charge in [0.1, 0.15) is 5.78 Å². The first-order valence-electron chi connectivity index (χ1n) is 4.72. The van der Waals surface area contributed by atoms with Gasteiger partial charge in [-0.3, -0.25) is 4.79 Å². The fourth-order valence-corrected chi connectivity index (χ4v) is 2.11. The third kappa shape index (κ3) is 2.42. The van der Waals surface area contributed by atoms with Crippen LogP contribution in [0, 0.1) is 5.92 Å². The van der Waals surface area contributed by atoms with Crippen LogP contribution in [-0.4, -0.2) is 31.6 Å². The van der Waals surface area contributed by atoms with Gasteiger partial charge in [0.25, 0.3) is 0 Å². The molecule has 2 atom stereocenters. The smallest absolute Gasteiger partial charge is 0.137 e. The van der Waals surface area contributed by atoms with E-state index in [0.29, 0.717) is 11.8 Å². The Labute approximate surface area is 84.6 Å². The molecule has 0 bridgehead atoms. The highest BCUT2D eigenvalue weighted by molar-refractivity contribution is 5.85. The van der Waals surface area contributed by atoms with E-state index in [0.717, 1.165) is 39.0 Å². The van der Waals surface area contributed by atoms with Crippen LogP contribution >= 0.6 is 12.4 Å². The molecule has 0 aromatic heterocycles. The molecule has 1 N–H and O–H groups in total. The van der Waals surface area contributed by atoms with Crippen molar-refractivity contribution in [1.82, 2.24) is 5.32 Å². The summed E-state index contributed by atoms with van der Waals surface area (Å²) in [7, 11) is 0. The molecule has 13 heavy (non-hydrogen) atoms. The third-order valence-electron chi connectivity index (χ3n) is 2.79. The van der Waals surface area contributed by atoms with Gasteiger partial charge in [0.15, 0.2) is 0 Å². The SMILES string of the molecule is Cl.O=C1CCCC1C1COCCN1. The summed E-state index contributed by atoms with van der Waals surface area (Å²) in [6, 6.07) is 0.300. The summed E-state index contributed by atoms with van der Waals surface area (Å²) < 4.78 is 5.33. The second kappa shape index (κ2) is 4.94. The van der Waals surface area contributed by atoms with Crippen LogP contribution in [0.25, 0.3) is 0 Å². The molecule has 2 fully saturated rings. The van der Waals surface area contributed by atoms with Crippen molar-refractivity contribution in [3.8, 4) is 0 Å². The number of ketones is 1. The molecule has 2 rings (SSSR count). The van der Waals surface area contributed by atoms with Gasteiger partial charge in [-0.1, -0.05) is 0 Å². The average molecular weight is 206 g/mol. The number of nitrogens with one attached hydrogen (secondary N) is 1. The first kappa shape index (κ1) is 11.0. The Hall–Kier alpha value is -0.120. The molecule has 4 heteroatoms. The number of morpholine rings is 1. The van der Waals surface area contributed by atoms with E-state index in [9.17, 15) is 4.79 Å². The van der Waals surface area contributed by atoms with Gasteiger partial charge >= 0.3 is 0 Å². The number of ether oxygens (including phenoxy) is 1. The Morgan fingerprint density at radius 3 is 2.85 bits per heavy atom. The molecule has 0 amide bonds. The van der Waals surface area contributed by atoms with Gasteiger partial charge < -0.3 is 10.1 Å². The van der Waals surface area contributed by atoms with Crippen LogP contribution in [0.15, 0.2) is 0 Å². The van der Waals surface area contributed by atoms with Crippen molar-refractivity contribution in [2.75, 3.05) is 19.8 Å². The van der Waals surface area contributed by atoms with E-state index in [-0.39, 0.29) is 18.3 Å². The zero-order chi connectivity index (χ0) is 8.39. The van der Waals surface area contributed by atoms with Crippen molar-refractivity contribution in [1.29, 1.82) is 0 Å². The van der Waals surface area contributed by atoms with Crippen molar-refractivity contribution in [2.45, 2.75) is 25.3 Å². The lowest BCUT2D eigenvalue weighted by Crippen LogP contribution is -2.47. The molecule has 1 saturated carbocycles. The highest BCUT2D eigenvalue weighted by atomic mass is 35.5. The molecule has 2 unspecified atom stereocenters. The number of Topliss-reactive ketones (excluding diaryl/α,β-unsaturated/α-hetero) is 1. The number of halogens is 1. The zero-order valence-electron chi connectivity index (χ0n) is 7.62. The van der Waals surface area contributed by atoms with Crippen molar-refractivity contribution in [2.24, 2.45) is 5.92 Å². The summed E-state index contributed by atoms with van der Waals surface area (Å²) in [5.41, 5.74) is 0. The molecule has 0 aromatic rings. The highest BCUT2D eigenvalue weighted by Gasteiger charge is 2.32. The van der Waals surface area contributed by atoms with Crippen molar-refractivity contribution in [3.05, 3.63) is 0 Å². The molecule has 0 spiro atoms. The lowest BCUT2D eigenvalue weighted by Gasteiger charge is -2.27. The van der Waals surface area contributed by atoms with Crippen LogP contribution < -0.4 is 5.32 Å². The van der Waals surface area contributed by atoms with E-state index >= 15 is 0 Å². The van der Waals surface area contributed by atoms with Gasteiger partial charge in [0.2, 0.25) is 0 Å². The highest BCUT2D eigenvalue weighted by Crippen LogP contribution is 2.25. The normalized spacial score (nSPS) is 34.3. The van der Waals surface area contributed by atoms with Gasteiger partial charge in [-0.15, -0.1) is 12.4 Å². The largest absolute Gasteiger partial charge is 0.378 e. The molecule has 3 nitrogen and oxygen atoms in total. The Morgan fingerprint density at radius 2 is 2.31 bits per heavy atom. The first-order valence-corrected chi connectivity index (χ1v) is 4.72. The maximum absolute atomic E-state index is 11.4. The summed E-state index contributed by atoms with van der Waals surface area (Å²) >= 11 is 0. The average Bonchev–Trinajstić information content (AvgIpc) is 2.53. The lowest BCUT2D eigenvalue weighted by atomic mass is 9.97. The van der Waals surface area contributed by atoms with Crippen molar-refractivity contribution in [3.63, 3.8) is 0 Å². The molecule has 2 aliphatic rings. The minimum atomic E-state index is 0. The number of hydrogen-bond donors (Lipinski definition) is 1. The number of rotatable bonds is 1. The lowest BCUT2D eigenvalue weighted by molar-refractivity contribution is -0.122. The van der Waals surface area contributed by atoms with Gasteiger partial charge in [-0.05, 0) is 12.8 Å². The van der Waals surface area contributed by atoms with Crippen LogP contribution in [0.5, 0.6) is 0 Å². The second-order valence-corrected chi connectivity index (χ2v) is 3.60. The van der Waals surface area contributed by atoms with Gasteiger partial charge in [0.05, 0.1) is 13.2 Å². The van der Waals surface area contributed by atoms with Crippen LogP contribution in [-0.2, 0) is 9.53 Å². The van der Waals surface area contributed by atoms with Crippen molar-refractivity contribution >= 4 is 18.2 Å². The number of carbonyl (C=O) groups is 1. The van der Waals surface area contributed by atoms with Crippen LogP contribution in [0.1, 0.15) is 19.3 Å². The molecule has 1 aliphatic carbocycles. The van der Waals surface area contributed by atoms with E-state index in [2.05, 4.69) is 5.32 Å². The predicted octanol–water partition coefficient (Wildman–Crippen LogP) is 0.766. The Balaban J connectivity index is 0.000000845. The summed E-state index contributed by atoms with van der Waals surface area (Å²) in [5, 5.41) is 3.35. The molecule has 0 radical (unpaired) electrons. The molecule has 0 aromatic carbocycles. The minimum Gasteiger partial charge on any atom is -0.378 e. The fraction of sp³-hybridized carbons (Fsp3) is 0.889. The maximum atomic E-state index is 11.4. The molecule has 1 heterocycles. The quantitative estimate of drug-likeness (QED) is 0.687. The Bertz CT molecular complexity index is 180. The van der Waals surface area contributed by atoms with Crippen LogP contribution in [0.4, 0.5) is 0 Å². The fourth-order valence-electron chi connectivity index (χ4n) is 2.11. The first-order chi connectivity index (χ1) is 5.88. The van der Waals surface area contributed by atoms with Crippen LogP contribution in [0.2, 0.25) is 0 Å². The van der Waals surface area contributed by atoms with Crippen molar-refractivity contribution < 1.29 is 9.53 Å². The Kier molecular flexibility index (Phi) is 4.16. The van der Waals surface area contributed by atoms with E-state index in [1.807, 2.05) is 0 Å².